The van der Waals surface area contributed by atoms with E-state index in [0.717, 1.165) is 10.5 Å². The third kappa shape index (κ3) is 3.25. The van der Waals surface area contributed by atoms with Gasteiger partial charge >= 0.3 is 12.1 Å². The molecule has 0 saturated carbocycles. The minimum atomic E-state index is -1.70. The van der Waals surface area contributed by atoms with Crippen molar-refractivity contribution < 1.29 is 24.2 Å². The summed E-state index contributed by atoms with van der Waals surface area (Å²) in [4.78, 5) is 38.7. The molecule has 1 heterocycles. The first-order valence-corrected chi connectivity index (χ1v) is 8.23. The van der Waals surface area contributed by atoms with Gasteiger partial charge in [-0.1, -0.05) is 30.3 Å². The molecule has 6 heteroatoms. The Balaban J connectivity index is 2.55. The average Bonchev–Trinajstić information content (AvgIpc) is 2.68. The van der Waals surface area contributed by atoms with E-state index in [4.69, 9.17) is 4.74 Å². The number of carbonyl (C=O) groups is 3. The molecule has 1 aromatic carbocycles. The summed E-state index contributed by atoms with van der Waals surface area (Å²) in [5.41, 5.74) is -3.00. The summed E-state index contributed by atoms with van der Waals surface area (Å²) >= 11 is 0. The van der Waals surface area contributed by atoms with Crippen LogP contribution in [0.5, 0.6) is 0 Å². The first-order valence-electron chi connectivity index (χ1n) is 8.23. The van der Waals surface area contributed by atoms with Crippen LogP contribution in [0, 0.1) is 5.41 Å². The highest BCUT2D eigenvalue weighted by atomic mass is 16.6. The van der Waals surface area contributed by atoms with Gasteiger partial charge in [0.05, 0.1) is 12.0 Å². The van der Waals surface area contributed by atoms with Gasteiger partial charge in [0.1, 0.15) is 5.60 Å². The van der Waals surface area contributed by atoms with Crippen molar-refractivity contribution in [3.05, 3.63) is 35.9 Å². The molecule has 25 heavy (non-hydrogen) atoms. The number of hydrogen-bond donors (Lipinski definition) is 1. The zero-order chi connectivity index (χ0) is 19.0. The maximum Gasteiger partial charge on any atom is 0.411 e. The van der Waals surface area contributed by atoms with Gasteiger partial charge < -0.3 is 9.84 Å². The highest BCUT2D eigenvalue weighted by Gasteiger charge is 2.66. The Morgan fingerprint density at radius 2 is 1.76 bits per heavy atom. The largest absolute Gasteiger partial charge is 0.479 e. The van der Waals surface area contributed by atoms with E-state index in [9.17, 15) is 19.5 Å². The van der Waals surface area contributed by atoms with Crippen molar-refractivity contribution in [2.24, 2.45) is 5.41 Å². The zero-order valence-electron chi connectivity index (χ0n) is 15.3. The lowest BCUT2D eigenvalue weighted by Gasteiger charge is -2.42. The van der Waals surface area contributed by atoms with Crippen LogP contribution in [0.1, 0.15) is 40.2 Å². The molecule has 0 bridgehead atoms. The van der Waals surface area contributed by atoms with E-state index in [1.54, 1.807) is 58.9 Å². The number of likely N-dealkylation sites (tertiary alicyclic amines) is 1. The van der Waals surface area contributed by atoms with Crippen LogP contribution in [-0.4, -0.2) is 45.5 Å². The lowest BCUT2D eigenvalue weighted by atomic mass is 9.69. The molecule has 136 valence electrons. The van der Waals surface area contributed by atoms with Crippen LogP contribution in [0.15, 0.2) is 30.3 Å². The fourth-order valence-corrected chi connectivity index (χ4v) is 3.25. The molecule has 0 radical (unpaired) electrons. The Morgan fingerprint density at radius 1 is 1.20 bits per heavy atom. The Hall–Kier alpha value is -2.37. The Morgan fingerprint density at radius 3 is 2.24 bits per heavy atom. The van der Waals surface area contributed by atoms with Crippen LogP contribution in [0.25, 0.3) is 0 Å². The summed E-state index contributed by atoms with van der Waals surface area (Å²) in [6.45, 7) is 7.99. The van der Waals surface area contributed by atoms with Gasteiger partial charge in [-0.25, -0.2) is 9.59 Å². The molecule has 0 aliphatic carbocycles. The highest BCUT2D eigenvalue weighted by molar-refractivity contribution is 6.02. The van der Waals surface area contributed by atoms with Gasteiger partial charge in [-0.05, 0) is 40.2 Å². The highest BCUT2D eigenvalue weighted by Crippen LogP contribution is 2.46. The van der Waals surface area contributed by atoms with Gasteiger partial charge in [0.2, 0.25) is 0 Å². The number of aliphatic carboxylic acids is 1. The van der Waals surface area contributed by atoms with E-state index in [1.165, 1.54) is 0 Å². The molecule has 1 amide bonds. The molecule has 0 aromatic heterocycles. The summed E-state index contributed by atoms with van der Waals surface area (Å²) in [5, 5.41) is 10.1. The fraction of sp³-hybridized carbons (Fsp3) is 0.526. The van der Waals surface area contributed by atoms with Gasteiger partial charge in [0.25, 0.3) is 0 Å². The molecule has 0 unspecified atom stereocenters. The smallest absolute Gasteiger partial charge is 0.411 e. The molecule has 0 spiro atoms. The van der Waals surface area contributed by atoms with Crippen molar-refractivity contribution in [2.75, 3.05) is 6.54 Å². The van der Waals surface area contributed by atoms with Crippen molar-refractivity contribution in [1.29, 1.82) is 0 Å². The van der Waals surface area contributed by atoms with Gasteiger partial charge in [-0.3, -0.25) is 9.69 Å². The first-order chi connectivity index (χ1) is 11.4. The Bertz CT molecular complexity index is 690. The second-order valence-corrected chi connectivity index (χ2v) is 7.94. The fourth-order valence-electron chi connectivity index (χ4n) is 3.25. The predicted molar refractivity (Wildman–Crippen MR) is 92.2 cm³/mol. The number of ether oxygens (including phenoxy) is 1. The van der Waals surface area contributed by atoms with E-state index >= 15 is 0 Å². The zero-order valence-corrected chi connectivity index (χ0v) is 15.3. The van der Waals surface area contributed by atoms with Crippen molar-refractivity contribution >= 4 is 17.8 Å². The molecule has 1 aliphatic rings. The van der Waals surface area contributed by atoms with E-state index in [-0.39, 0.29) is 18.7 Å². The summed E-state index contributed by atoms with van der Waals surface area (Å²) in [5.74, 6) is -1.50. The summed E-state index contributed by atoms with van der Waals surface area (Å²) in [7, 11) is 0. The standard InChI is InChI=1S/C19H25NO5/c1-17(2,3)25-16(24)20-12-14(21)18(4,5)19(20,15(22)23)11-13-9-7-6-8-10-13/h6-10H,11-12H2,1-5H3,(H,22,23)/t19-/m0/s1. The number of rotatable bonds is 3. The number of hydrogen-bond acceptors (Lipinski definition) is 4. The SMILES string of the molecule is CC(C)(C)OC(=O)N1CC(=O)C(C)(C)[C@]1(Cc1ccccc1)C(=O)O. The molecule has 1 aromatic rings. The average molecular weight is 347 g/mol. The maximum absolute atomic E-state index is 12.7. The molecule has 1 N–H and O–H groups in total. The number of nitrogens with zero attached hydrogens (tertiary/aromatic N) is 1. The lowest BCUT2D eigenvalue weighted by molar-refractivity contribution is -0.156. The monoisotopic (exact) mass is 347 g/mol. The van der Waals surface area contributed by atoms with Crippen molar-refractivity contribution in [2.45, 2.75) is 52.2 Å². The molecule has 1 saturated heterocycles. The second kappa shape index (κ2) is 6.17. The van der Waals surface area contributed by atoms with Gasteiger partial charge in [-0.15, -0.1) is 0 Å². The molecule has 1 atom stereocenters. The summed E-state index contributed by atoms with van der Waals surface area (Å²) in [6.07, 6.45) is -0.758. The topological polar surface area (TPSA) is 83.9 Å². The predicted octanol–water partition coefficient (Wildman–Crippen LogP) is 2.90. The van der Waals surface area contributed by atoms with Gasteiger partial charge in [-0.2, -0.15) is 0 Å². The van der Waals surface area contributed by atoms with Crippen LogP contribution >= 0.6 is 0 Å². The molecule has 2 rings (SSSR count). The number of ketones is 1. The van der Waals surface area contributed by atoms with Crippen molar-refractivity contribution in [1.82, 2.24) is 4.90 Å². The van der Waals surface area contributed by atoms with Crippen LogP contribution in [0.2, 0.25) is 0 Å². The molecular weight excluding hydrogens is 322 g/mol. The quantitative estimate of drug-likeness (QED) is 0.909. The lowest BCUT2D eigenvalue weighted by Crippen LogP contribution is -2.62. The number of Topliss-reactive ketones (excluding diaryl/α,β-unsaturated/α-hetero) is 1. The Labute approximate surface area is 147 Å². The number of carboxylic acids is 1. The van der Waals surface area contributed by atoms with Gasteiger partial charge in [0, 0.05) is 6.42 Å². The second-order valence-electron chi connectivity index (χ2n) is 7.94. The number of benzene rings is 1. The first kappa shape index (κ1) is 19.0. The van der Waals surface area contributed by atoms with Crippen LogP contribution in [0.4, 0.5) is 4.79 Å². The maximum atomic E-state index is 12.7. The minimum absolute atomic E-state index is 0.0289. The van der Waals surface area contributed by atoms with E-state index in [0.29, 0.717) is 0 Å². The summed E-state index contributed by atoms with van der Waals surface area (Å²) < 4.78 is 5.38. The molecule has 1 aliphatic heterocycles. The summed E-state index contributed by atoms with van der Waals surface area (Å²) in [6, 6.07) is 9.00. The van der Waals surface area contributed by atoms with Crippen LogP contribution < -0.4 is 0 Å². The van der Waals surface area contributed by atoms with Crippen molar-refractivity contribution in [3.8, 4) is 0 Å². The molecule has 1 fully saturated rings. The minimum Gasteiger partial charge on any atom is -0.479 e. The van der Waals surface area contributed by atoms with Crippen molar-refractivity contribution in [3.63, 3.8) is 0 Å². The number of carbonyl (C=O) groups excluding carboxylic acids is 2. The van der Waals surface area contributed by atoms with E-state index in [1.807, 2.05) is 6.07 Å². The molecule has 6 nitrogen and oxygen atoms in total. The van der Waals surface area contributed by atoms with Crippen LogP contribution in [-0.2, 0) is 20.7 Å². The van der Waals surface area contributed by atoms with E-state index in [2.05, 4.69) is 0 Å². The van der Waals surface area contributed by atoms with Gasteiger partial charge in [0.15, 0.2) is 11.3 Å². The van der Waals surface area contributed by atoms with E-state index < -0.39 is 28.6 Å². The normalized spacial score (nSPS) is 22.8. The third-order valence-corrected chi connectivity index (χ3v) is 4.76. The Kier molecular flexibility index (Phi) is 4.68. The van der Waals surface area contributed by atoms with Crippen LogP contribution in [0.3, 0.4) is 0 Å². The number of carboxylic acid groups (broad SMARTS) is 1. The molecular formula is C19H25NO5. The number of amides is 1. The third-order valence-electron chi connectivity index (χ3n) is 4.76.